The van der Waals surface area contributed by atoms with Gasteiger partial charge in [-0.1, -0.05) is 12.1 Å². The van der Waals surface area contributed by atoms with Crippen molar-refractivity contribution in [3.63, 3.8) is 0 Å². The van der Waals surface area contributed by atoms with Crippen LogP contribution in [0.15, 0.2) is 29.3 Å². The van der Waals surface area contributed by atoms with E-state index in [1.165, 1.54) is 12.1 Å². The standard InChI is InChI=1S/C21H33FN4O2/c1-3-23-20(25-16-21(2)9-4-12-28-21)24-15-19(26-10-13-27-14-11-26)17-5-7-18(22)8-6-17/h5-8,19H,3-4,9-16H2,1-2H3,(H2,23,24,25). The van der Waals surface area contributed by atoms with Crippen molar-refractivity contribution in [1.29, 1.82) is 0 Å². The third kappa shape index (κ3) is 5.90. The minimum atomic E-state index is -0.211. The van der Waals surface area contributed by atoms with E-state index in [-0.39, 0.29) is 17.5 Å². The van der Waals surface area contributed by atoms with Gasteiger partial charge in [-0.05, 0) is 44.4 Å². The molecule has 2 saturated heterocycles. The van der Waals surface area contributed by atoms with E-state index in [4.69, 9.17) is 14.5 Å². The van der Waals surface area contributed by atoms with Gasteiger partial charge in [-0.3, -0.25) is 9.89 Å². The van der Waals surface area contributed by atoms with Crippen LogP contribution in [-0.2, 0) is 9.47 Å². The molecule has 0 saturated carbocycles. The first-order chi connectivity index (χ1) is 13.6. The molecule has 7 heteroatoms. The maximum absolute atomic E-state index is 13.4. The number of hydrogen-bond donors (Lipinski definition) is 2. The van der Waals surface area contributed by atoms with Crippen molar-refractivity contribution in [2.24, 2.45) is 4.99 Å². The summed E-state index contributed by atoms with van der Waals surface area (Å²) in [5.74, 6) is 0.580. The van der Waals surface area contributed by atoms with Crippen molar-refractivity contribution >= 4 is 5.96 Å². The lowest BCUT2D eigenvalue weighted by Crippen LogP contribution is -2.46. The van der Waals surface area contributed by atoms with E-state index in [2.05, 4.69) is 29.4 Å². The summed E-state index contributed by atoms with van der Waals surface area (Å²) in [6.07, 6.45) is 2.14. The van der Waals surface area contributed by atoms with E-state index in [0.29, 0.717) is 13.1 Å². The Bertz CT molecular complexity index is 626. The van der Waals surface area contributed by atoms with Crippen LogP contribution >= 0.6 is 0 Å². The van der Waals surface area contributed by atoms with Crippen LogP contribution in [0.3, 0.4) is 0 Å². The second-order valence-corrected chi connectivity index (χ2v) is 7.69. The van der Waals surface area contributed by atoms with Crippen molar-refractivity contribution in [2.75, 3.05) is 52.5 Å². The molecule has 2 heterocycles. The number of ether oxygens (including phenoxy) is 2. The lowest BCUT2D eigenvalue weighted by molar-refractivity contribution is 0.0169. The van der Waals surface area contributed by atoms with Gasteiger partial charge in [0.1, 0.15) is 5.82 Å². The minimum Gasteiger partial charge on any atom is -0.379 e. The summed E-state index contributed by atoms with van der Waals surface area (Å²) in [7, 11) is 0. The van der Waals surface area contributed by atoms with Gasteiger partial charge in [0.05, 0.1) is 31.4 Å². The Morgan fingerprint density at radius 1 is 1.21 bits per heavy atom. The van der Waals surface area contributed by atoms with E-state index in [1.54, 1.807) is 0 Å². The topological polar surface area (TPSA) is 58.1 Å². The Balaban J connectivity index is 1.68. The highest BCUT2D eigenvalue weighted by molar-refractivity contribution is 5.79. The zero-order valence-electron chi connectivity index (χ0n) is 17.0. The maximum atomic E-state index is 13.4. The van der Waals surface area contributed by atoms with Gasteiger partial charge in [-0.2, -0.15) is 0 Å². The second-order valence-electron chi connectivity index (χ2n) is 7.69. The largest absolute Gasteiger partial charge is 0.379 e. The van der Waals surface area contributed by atoms with Gasteiger partial charge in [0.2, 0.25) is 0 Å². The molecule has 2 unspecified atom stereocenters. The summed E-state index contributed by atoms with van der Waals surface area (Å²) in [6.45, 7) is 10.3. The number of nitrogens with zero attached hydrogens (tertiary/aromatic N) is 2. The summed E-state index contributed by atoms with van der Waals surface area (Å²) in [5, 5.41) is 6.80. The Morgan fingerprint density at radius 3 is 2.61 bits per heavy atom. The normalized spacial score (nSPS) is 24.9. The molecular weight excluding hydrogens is 359 g/mol. The molecule has 156 valence electrons. The van der Waals surface area contributed by atoms with Crippen LogP contribution in [0.4, 0.5) is 4.39 Å². The molecule has 28 heavy (non-hydrogen) atoms. The number of aliphatic imine (C=N–C) groups is 1. The smallest absolute Gasteiger partial charge is 0.191 e. The fourth-order valence-electron chi connectivity index (χ4n) is 3.77. The molecular formula is C21H33FN4O2. The maximum Gasteiger partial charge on any atom is 0.191 e. The van der Waals surface area contributed by atoms with E-state index >= 15 is 0 Å². The van der Waals surface area contributed by atoms with Gasteiger partial charge >= 0.3 is 0 Å². The SMILES string of the molecule is CCNC(=NCC1(C)CCCO1)NCC(c1ccc(F)cc1)N1CCOCC1. The zero-order chi connectivity index (χ0) is 19.8. The number of nitrogens with one attached hydrogen (secondary N) is 2. The number of guanidine groups is 1. The monoisotopic (exact) mass is 392 g/mol. The molecule has 0 spiro atoms. The summed E-state index contributed by atoms with van der Waals surface area (Å²) in [4.78, 5) is 7.14. The van der Waals surface area contributed by atoms with Crippen LogP contribution in [0.25, 0.3) is 0 Å². The van der Waals surface area contributed by atoms with E-state index in [0.717, 1.165) is 63.8 Å². The summed E-state index contributed by atoms with van der Waals surface area (Å²) in [5.41, 5.74) is 0.931. The fraction of sp³-hybridized carbons (Fsp3) is 0.667. The Morgan fingerprint density at radius 2 is 1.96 bits per heavy atom. The third-order valence-electron chi connectivity index (χ3n) is 5.42. The zero-order valence-corrected chi connectivity index (χ0v) is 17.0. The molecule has 3 rings (SSSR count). The molecule has 2 atom stereocenters. The van der Waals surface area contributed by atoms with E-state index in [1.807, 2.05) is 12.1 Å². The molecule has 6 nitrogen and oxygen atoms in total. The van der Waals surface area contributed by atoms with Crippen molar-refractivity contribution in [1.82, 2.24) is 15.5 Å². The summed E-state index contributed by atoms with van der Waals surface area (Å²) < 4.78 is 24.8. The number of benzene rings is 1. The molecule has 0 bridgehead atoms. The molecule has 2 aliphatic rings. The first-order valence-electron chi connectivity index (χ1n) is 10.3. The predicted octanol–water partition coefficient (Wildman–Crippen LogP) is 2.32. The summed E-state index contributed by atoms with van der Waals surface area (Å²) >= 11 is 0. The van der Waals surface area contributed by atoms with E-state index in [9.17, 15) is 4.39 Å². The first kappa shape index (κ1) is 21.0. The lowest BCUT2D eigenvalue weighted by atomic mass is 10.0. The number of morpholine rings is 1. The van der Waals surface area contributed by atoms with Gasteiger partial charge < -0.3 is 20.1 Å². The summed E-state index contributed by atoms with van der Waals surface area (Å²) in [6, 6.07) is 6.93. The average molecular weight is 393 g/mol. The van der Waals surface area contributed by atoms with Gasteiger partial charge in [0.25, 0.3) is 0 Å². The van der Waals surface area contributed by atoms with Crippen LogP contribution in [0, 0.1) is 5.82 Å². The van der Waals surface area contributed by atoms with Gasteiger partial charge in [0.15, 0.2) is 5.96 Å². The fourth-order valence-corrected chi connectivity index (χ4v) is 3.77. The van der Waals surface area contributed by atoms with Crippen LogP contribution in [0.2, 0.25) is 0 Å². The van der Waals surface area contributed by atoms with Crippen LogP contribution in [-0.4, -0.2) is 69.0 Å². The van der Waals surface area contributed by atoms with Crippen molar-refractivity contribution in [2.45, 2.75) is 38.3 Å². The molecule has 0 aromatic heterocycles. The Hall–Kier alpha value is -1.70. The van der Waals surface area contributed by atoms with Crippen molar-refractivity contribution in [3.05, 3.63) is 35.6 Å². The predicted molar refractivity (Wildman–Crippen MR) is 109 cm³/mol. The molecule has 1 aromatic carbocycles. The highest BCUT2D eigenvalue weighted by Crippen LogP contribution is 2.25. The average Bonchev–Trinajstić information content (AvgIpc) is 3.15. The first-order valence-corrected chi connectivity index (χ1v) is 10.3. The number of rotatable bonds is 7. The third-order valence-corrected chi connectivity index (χ3v) is 5.42. The number of hydrogen-bond acceptors (Lipinski definition) is 4. The van der Waals surface area contributed by atoms with Crippen molar-refractivity contribution < 1.29 is 13.9 Å². The molecule has 0 amide bonds. The molecule has 1 aromatic rings. The van der Waals surface area contributed by atoms with Crippen molar-refractivity contribution in [3.8, 4) is 0 Å². The number of halogens is 1. The van der Waals surface area contributed by atoms with Crippen LogP contribution in [0.1, 0.15) is 38.3 Å². The highest BCUT2D eigenvalue weighted by Gasteiger charge is 2.29. The highest BCUT2D eigenvalue weighted by atomic mass is 19.1. The van der Waals surface area contributed by atoms with Gasteiger partial charge in [0, 0.05) is 32.8 Å². The van der Waals surface area contributed by atoms with Gasteiger partial charge in [-0.15, -0.1) is 0 Å². The molecule has 2 fully saturated rings. The Labute approximate surface area is 167 Å². The molecule has 0 radical (unpaired) electrons. The Kier molecular flexibility index (Phi) is 7.65. The lowest BCUT2D eigenvalue weighted by Gasteiger charge is -2.35. The van der Waals surface area contributed by atoms with E-state index < -0.39 is 0 Å². The quantitative estimate of drug-likeness (QED) is 0.551. The van der Waals surface area contributed by atoms with Crippen LogP contribution in [0.5, 0.6) is 0 Å². The van der Waals surface area contributed by atoms with Gasteiger partial charge in [-0.25, -0.2) is 4.39 Å². The van der Waals surface area contributed by atoms with Crippen LogP contribution < -0.4 is 10.6 Å². The molecule has 2 N–H and O–H groups in total. The molecule has 2 aliphatic heterocycles. The molecule has 0 aliphatic carbocycles. The minimum absolute atomic E-state index is 0.131. The second kappa shape index (κ2) is 10.2.